The van der Waals surface area contributed by atoms with E-state index in [1.165, 1.54) is 18.2 Å². The third-order valence-electron chi connectivity index (χ3n) is 2.32. The standard InChI is InChI=1S/C12H14FN3O/c1-2-4-10(15)12(17)16-11-6-3-5-9(13)8(11)7-14/h3,5-6,10H,2,4,15H2,1H3,(H,16,17)/t10-/m1/s1. The van der Waals surface area contributed by atoms with Crippen molar-refractivity contribution in [3.05, 3.63) is 29.6 Å². The summed E-state index contributed by atoms with van der Waals surface area (Å²) in [5, 5.41) is 11.2. The van der Waals surface area contributed by atoms with Crippen LogP contribution in [0.3, 0.4) is 0 Å². The van der Waals surface area contributed by atoms with Gasteiger partial charge in [-0.05, 0) is 18.6 Å². The zero-order valence-corrected chi connectivity index (χ0v) is 9.53. The topological polar surface area (TPSA) is 78.9 Å². The molecule has 1 rings (SSSR count). The summed E-state index contributed by atoms with van der Waals surface area (Å²) in [6.07, 6.45) is 1.33. The molecule has 0 unspecified atom stereocenters. The van der Waals surface area contributed by atoms with Crippen LogP contribution in [0.1, 0.15) is 25.3 Å². The van der Waals surface area contributed by atoms with Gasteiger partial charge in [0.25, 0.3) is 0 Å². The molecule has 0 heterocycles. The SMILES string of the molecule is CCC[C@@H](N)C(=O)Nc1cccc(F)c1C#N. The number of benzene rings is 1. The third-order valence-corrected chi connectivity index (χ3v) is 2.32. The van der Waals surface area contributed by atoms with Crippen molar-refractivity contribution >= 4 is 11.6 Å². The van der Waals surface area contributed by atoms with Gasteiger partial charge in [0.15, 0.2) is 0 Å². The summed E-state index contributed by atoms with van der Waals surface area (Å²) >= 11 is 0. The van der Waals surface area contributed by atoms with E-state index < -0.39 is 17.8 Å². The van der Waals surface area contributed by atoms with Gasteiger partial charge in [0, 0.05) is 0 Å². The molecule has 0 fully saturated rings. The van der Waals surface area contributed by atoms with Crippen LogP contribution in [0.4, 0.5) is 10.1 Å². The second-order valence-electron chi connectivity index (χ2n) is 3.66. The van der Waals surface area contributed by atoms with Crippen molar-refractivity contribution in [2.24, 2.45) is 5.73 Å². The predicted octanol–water partition coefficient (Wildman–Crippen LogP) is 1.76. The van der Waals surface area contributed by atoms with Crippen molar-refractivity contribution in [1.82, 2.24) is 0 Å². The van der Waals surface area contributed by atoms with E-state index in [0.717, 1.165) is 6.42 Å². The number of rotatable bonds is 4. The van der Waals surface area contributed by atoms with Gasteiger partial charge in [-0.2, -0.15) is 5.26 Å². The molecule has 1 aromatic carbocycles. The van der Waals surface area contributed by atoms with E-state index in [2.05, 4.69) is 5.32 Å². The van der Waals surface area contributed by atoms with E-state index in [-0.39, 0.29) is 11.3 Å². The fourth-order valence-electron chi connectivity index (χ4n) is 1.41. The summed E-state index contributed by atoms with van der Waals surface area (Å²) in [6, 6.07) is 5.13. The van der Waals surface area contributed by atoms with Gasteiger partial charge < -0.3 is 11.1 Å². The quantitative estimate of drug-likeness (QED) is 0.834. The maximum absolute atomic E-state index is 13.2. The van der Waals surface area contributed by atoms with Gasteiger partial charge >= 0.3 is 0 Å². The lowest BCUT2D eigenvalue weighted by atomic mass is 10.1. The van der Waals surface area contributed by atoms with E-state index in [0.29, 0.717) is 6.42 Å². The number of amides is 1. The van der Waals surface area contributed by atoms with Gasteiger partial charge in [0.1, 0.15) is 17.4 Å². The van der Waals surface area contributed by atoms with Crippen LogP contribution in [-0.2, 0) is 4.79 Å². The molecule has 4 nitrogen and oxygen atoms in total. The Morgan fingerprint density at radius 3 is 2.94 bits per heavy atom. The Morgan fingerprint density at radius 1 is 1.65 bits per heavy atom. The van der Waals surface area contributed by atoms with Crippen LogP contribution in [0.2, 0.25) is 0 Å². The van der Waals surface area contributed by atoms with E-state index >= 15 is 0 Å². The highest BCUT2D eigenvalue weighted by molar-refractivity contribution is 5.95. The average Bonchev–Trinajstić information content (AvgIpc) is 2.29. The van der Waals surface area contributed by atoms with Crippen LogP contribution >= 0.6 is 0 Å². The minimum atomic E-state index is -0.658. The molecule has 0 aliphatic rings. The van der Waals surface area contributed by atoms with Crippen molar-refractivity contribution in [2.45, 2.75) is 25.8 Å². The molecule has 1 aromatic rings. The summed E-state index contributed by atoms with van der Waals surface area (Å²) in [5.74, 6) is -1.07. The molecule has 0 saturated carbocycles. The first kappa shape index (κ1) is 13.1. The number of hydrogen-bond donors (Lipinski definition) is 2. The summed E-state index contributed by atoms with van der Waals surface area (Å²) in [5.41, 5.74) is 5.60. The maximum Gasteiger partial charge on any atom is 0.241 e. The van der Waals surface area contributed by atoms with Gasteiger partial charge in [0.05, 0.1) is 11.7 Å². The lowest BCUT2D eigenvalue weighted by Crippen LogP contribution is -2.35. The van der Waals surface area contributed by atoms with Gasteiger partial charge in [-0.3, -0.25) is 4.79 Å². The van der Waals surface area contributed by atoms with Gasteiger partial charge in [-0.1, -0.05) is 19.4 Å². The Labute approximate surface area is 99.2 Å². The smallest absolute Gasteiger partial charge is 0.241 e. The molecular weight excluding hydrogens is 221 g/mol. The minimum absolute atomic E-state index is 0.157. The molecule has 0 radical (unpaired) electrons. The zero-order valence-electron chi connectivity index (χ0n) is 9.53. The van der Waals surface area contributed by atoms with Crippen LogP contribution in [0.5, 0.6) is 0 Å². The van der Waals surface area contributed by atoms with Crippen molar-refractivity contribution in [3.63, 3.8) is 0 Å². The molecule has 3 N–H and O–H groups in total. The van der Waals surface area contributed by atoms with E-state index in [4.69, 9.17) is 11.0 Å². The Hall–Kier alpha value is -1.93. The van der Waals surface area contributed by atoms with Crippen molar-refractivity contribution in [3.8, 4) is 6.07 Å². The Morgan fingerprint density at radius 2 is 2.35 bits per heavy atom. The summed E-state index contributed by atoms with van der Waals surface area (Å²) in [4.78, 5) is 11.6. The number of anilines is 1. The second kappa shape index (κ2) is 5.97. The Bertz CT molecular complexity index is 454. The highest BCUT2D eigenvalue weighted by atomic mass is 19.1. The first-order valence-electron chi connectivity index (χ1n) is 5.35. The molecule has 0 spiro atoms. The van der Waals surface area contributed by atoms with Crippen LogP contribution in [-0.4, -0.2) is 11.9 Å². The molecule has 0 aliphatic carbocycles. The molecule has 90 valence electrons. The summed E-state index contributed by atoms with van der Waals surface area (Å²) in [6.45, 7) is 1.91. The molecule has 0 saturated heterocycles. The molecule has 0 aromatic heterocycles. The van der Waals surface area contributed by atoms with Gasteiger partial charge in [-0.15, -0.1) is 0 Å². The zero-order chi connectivity index (χ0) is 12.8. The molecule has 17 heavy (non-hydrogen) atoms. The molecule has 1 atom stereocenters. The summed E-state index contributed by atoms with van der Waals surface area (Å²) in [7, 11) is 0. The third kappa shape index (κ3) is 3.26. The van der Waals surface area contributed by atoms with Gasteiger partial charge in [0.2, 0.25) is 5.91 Å². The first-order valence-corrected chi connectivity index (χ1v) is 5.35. The molecule has 1 amide bonds. The van der Waals surface area contributed by atoms with Crippen LogP contribution in [0, 0.1) is 17.1 Å². The normalized spacial score (nSPS) is 11.6. The number of halogens is 1. The highest BCUT2D eigenvalue weighted by Crippen LogP contribution is 2.17. The molecule has 5 heteroatoms. The largest absolute Gasteiger partial charge is 0.323 e. The Balaban J connectivity index is 2.86. The van der Waals surface area contributed by atoms with Crippen molar-refractivity contribution < 1.29 is 9.18 Å². The lowest BCUT2D eigenvalue weighted by molar-refractivity contribution is -0.117. The summed E-state index contributed by atoms with van der Waals surface area (Å²) < 4.78 is 13.2. The van der Waals surface area contributed by atoms with E-state index in [1.807, 2.05) is 6.92 Å². The van der Waals surface area contributed by atoms with Crippen LogP contribution < -0.4 is 11.1 Å². The first-order chi connectivity index (χ1) is 8.10. The highest BCUT2D eigenvalue weighted by Gasteiger charge is 2.15. The predicted molar refractivity (Wildman–Crippen MR) is 62.6 cm³/mol. The number of carbonyl (C=O) groups is 1. The number of nitriles is 1. The fourth-order valence-corrected chi connectivity index (χ4v) is 1.41. The second-order valence-corrected chi connectivity index (χ2v) is 3.66. The van der Waals surface area contributed by atoms with Crippen molar-refractivity contribution in [2.75, 3.05) is 5.32 Å². The molecule has 0 bridgehead atoms. The van der Waals surface area contributed by atoms with E-state index in [1.54, 1.807) is 6.07 Å². The van der Waals surface area contributed by atoms with E-state index in [9.17, 15) is 9.18 Å². The number of nitrogens with one attached hydrogen (secondary N) is 1. The minimum Gasteiger partial charge on any atom is -0.323 e. The molecular formula is C12H14FN3O. The number of hydrogen-bond acceptors (Lipinski definition) is 3. The number of nitrogens with two attached hydrogens (primary N) is 1. The number of nitrogens with zero attached hydrogens (tertiary/aromatic N) is 1. The van der Waals surface area contributed by atoms with Crippen molar-refractivity contribution in [1.29, 1.82) is 5.26 Å². The van der Waals surface area contributed by atoms with Crippen LogP contribution in [0.15, 0.2) is 18.2 Å². The average molecular weight is 235 g/mol. The number of carbonyl (C=O) groups excluding carboxylic acids is 1. The van der Waals surface area contributed by atoms with Crippen LogP contribution in [0.25, 0.3) is 0 Å². The van der Waals surface area contributed by atoms with Gasteiger partial charge in [-0.25, -0.2) is 4.39 Å². The molecule has 0 aliphatic heterocycles. The fraction of sp³-hybridized carbons (Fsp3) is 0.333. The Kier molecular flexibility index (Phi) is 4.61. The maximum atomic E-state index is 13.2. The lowest BCUT2D eigenvalue weighted by Gasteiger charge is -2.12. The monoisotopic (exact) mass is 235 g/mol.